The first-order valence-electron chi connectivity index (χ1n) is 10.9. The summed E-state index contributed by atoms with van der Waals surface area (Å²) in [6.45, 7) is 5.07. The number of hydrogen-bond acceptors (Lipinski definition) is 8. The molecule has 10 heteroatoms. The molecule has 4 rings (SSSR count). The number of aryl methyl sites for hydroxylation is 1. The highest BCUT2D eigenvalue weighted by molar-refractivity contribution is 5.93. The lowest BCUT2D eigenvalue weighted by Crippen LogP contribution is -2.47. The minimum atomic E-state index is -0.153. The number of rotatable bonds is 9. The SMILES string of the molecule is COc1cc(Nc2nccc(-c3cc(C(=O)NC(C)CN4CCC4)n(C)n3)n2)cc(OC)c1. The molecule has 1 amide bonds. The van der Waals surface area contributed by atoms with Gasteiger partial charge in [-0.2, -0.15) is 5.10 Å². The van der Waals surface area contributed by atoms with Crippen molar-refractivity contribution in [2.75, 3.05) is 39.2 Å². The van der Waals surface area contributed by atoms with Crippen LogP contribution in [0.3, 0.4) is 0 Å². The fraction of sp³-hybridized carbons (Fsp3) is 0.391. The highest BCUT2D eigenvalue weighted by atomic mass is 16.5. The van der Waals surface area contributed by atoms with Gasteiger partial charge in [0.05, 0.1) is 19.9 Å². The number of nitrogens with one attached hydrogen (secondary N) is 2. The van der Waals surface area contributed by atoms with E-state index in [1.807, 2.05) is 19.1 Å². The molecule has 1 aromatic carbocycles. The van der Waals surface area contributed by atoms with Crippen molar-refractivity contribution < 1.29 is 14.3 Å². The summed E-state index contributed by atoms with van der Waals surface area (Å²) in [6.07, 6.45) is 2.87. The standard InChI is InChI=1S/C23H29N7O3/c1-15(14-30-8-5-9-30)25-22(31)21-13-20(28-29(21)2)19-6-7-24-23(27-19)26-16-10-17(32-3)12-18(11-16)33-4/h6-7,10-13,15H,5,8-9,14H2,1-4H3,(H,25,31)(H,24,26,27). The lowest BCUT2D eigenvalue weighted by molar-refractivity contribution is 0.0905. The Morgan fingerprint density at radius 3 is 2.48 bits per heavy atom. The molecule has 0 spiro atoms. The van der Waals surface area contributed by atoms with Crippen LogP contribution in [0.1, 0.15) is 23.8 Å². The monoisotopic (exact) mass is 451 g/mol. The number of anilines is 2. The maximum Gasteiger partial charge on any atom is 0.269 e. The van der Waals surface area contributed by atoms with Crippen LogP contribution < -0.4 is 20.1 Å². The highest BCUT2D eigenvalue weighted by Gasteiger charge is 2.20. The molecule has 3 heterocycles. The Balaban J connectivity index is 1.49. The van der Waals surface area contributed by atoms with E-state index in [4.69, 9.17) is 9.47 Å². The molecule has 33 heavy (non-hydrogen) atoms. The summed E-state index contributed by atoms with van der Waals surface area (Å²) in [5.74, 6) is 1.54. The Bertz CT molecular complexity index is 1100. The number of nitrogens with zero attached hydrogens (tertiary/aromatic N) is 5. The van der Waals surface area contributed by atoms with Crippen LogP contribution >= 0.6 is 0 Å². The molecule has 1 atom stereocenters. The van der Waals surface area contributed by atoms with Crippen molar-refractivity contribution >= 4 is 17.5 Å². The first-order chi connectivity index (χ1) is 15.9. The average molecular weight is 452 g/mol. The quantitative estimate of drug-likeness (QED) is 0.511. The van der Waals surface area contributed by atoms with Gasteiger partial charge in [-0.25, -0.2) is 9.97 Å². The highest BCUT2D eigenvalue weighted by Crippen LogP contribution is 2.27. The normalized spacial score (nSPS) is 14.3. The Morgan fingerprint density at radius 2 is 1.85 bits per heavy atom. The van der Waals surface area contributed by atoms with E-state index in [9.17, 15) is 4.79 Å². The summed E-state index contributed by atoms with van der Waals surface area (Å²) < 4.78 is 12.2. The molecular weight excluding hydrogens is 422 g/mol. The molecule has 2 aromatic heterocycles. The topological polar surface area (TPSA) is 106 Å². The number of hydrogen-bond donors (Lipinski definition) is 2. The van der Waals surface area contributed by atoms with Crippen LogP contribution in [0, 0.1) is 0 Å². The predicted octanol–water partition coefficient (Wildman–Crippen LogP) is 2.46. The van der Waals surface area contributed by atoms with Crippen molar-refractivity contribution in [3.05, 3.63) is 42.2 Å². The van der Waals surface area contributed by atoms with E-state index in [2.05, 4.69) is 30.6 Å². The summed E-state index contributed by atoms with van der Waals surface area (Å²) in [4.78, 5) is 24.0. The molecule has 0 saturated carbocycles. The fourth-order valence-electron chi connectivity index (χ4n) is 3.67. The van der Waals surface area contributed by atoms with E-state index in [-0.39, 0.29) is 11.9 Å². The molecule has 10 nitrogen and oxygen atoms in total. The van der Waals surface area contributed by atoms with Crippen molar-refractivity contribution in [2.24, 2.45) is 7.05 Å². The van der Waals surface area contributed by atoms with Gasteiger partial charge < -0.3 is 25.0 Å². The Kier molecular flexibility index (Phi) is 6.74. The minimum absolute atomic E-state index is 0.0610. The minimum Gasteiger partial charge on any atom is -0.497 e. The number of carbonyl (C=O) groups is 1. The average Bonchev–Trinajstić information content (AvgIpc) is 3.18. The number of carbonyl (C=O) groups excluding carboxylic acids is 1. The van der Waals surface area contributed by atoms with Gasteiger partial charge in [-0.15, -0.1) is 0 Å². The van der Waals surface area contributed by atoms with E-state index in [0.29, 0.717) is 34.5 Å². The van der Waals surface area contributed by atoms with Gasteiger partial charge in [0.15, 0.2) is 0 Å². The number of aromatic nitrogens is 4. The van der Waals surface area contributed by atoms with Gasteiger partial charge in [0.1, 0.15) is 22.9 Å². The van der Waals surface area contributed by atoms with Crippen LogP contribution in [0.25, 0.3) is 11.4 Å². The van der Waals surface area contributed by atoms with E-state index < -0.39 is 0 Å². The molecular formula is C23H29N7O3. The third-order valence-corrected chi connectivity index (χ3v) is 5.50. The van der Waals surface area contributed by atoms with Crippen molar-refractivity contribution in [3.63, 3.8) is 0 Å². The van der Waals surface area contributed by atoms with Gasteiger partial charge in [-0.1, -0.05) is 0 Å². The summed E-state index contributed by atoms with van der Waals surface area (Å²) >= 11 is 0. The molecule has 1 saturated heterocycles. The summed E-state index contributed by atoms with van der Waals surface area (Å²) in [6, 6.07) is 8.99. The van der Waals surface area contributed by atoms with Crippen LogP contribution in [-0.2, 0) is 7.05 Å². The molecule has 1 fully saturated rings. The fourth-order valence-corrected chi connectivity index (χ4v) is 3.67. The third-order valence-electron chi connectivity index (χ3n) is 5.50. The van der Waals surface area contributed by atoms with Crippen LogP contribution in [-0.4, -0.2) is 70.5 Å². The van der Waals surface area contributed by atoms with Crippen molar-refractivity contribution in [2.45, 2.75) is 19.4 Å². The summed E-state index contributed by atoms with van der Waals surface area (Å²) in [7, 11) is 4.94. The Morgan fingerprint density at radius 1 is 1.12 bits per heavy atom. The predicted molar refractivity (Wildman–Crippen MR) is 125 cm³/mol. The zero-order valence-corrected chi connectivity index (χ0v) is 19.3. The Labute approximate surface area is 192 Å². The summed E-state index contributed by atoms with van der Waals surface area (Å²) in [5, 5.41) is 10.7. The van der Waals surface area contributed by atoms with E-state index in [1.54, 1.807) is 50.3 Å². The lowest BCUT2D eigenvalue weighted by Gasteiger charge is -2.33. The first-order valence-corrected chi connectivity index (χ1v) is 10.9. The molecule has 1 aliphatic rings. The first kappa shape index (κ1) is 22.5. The number of methoxy groups -OCH3 is 2. The van der Waals surface area contributed by atoms with Gasteiger partial charge >= 0.3 is 0 Å². The molecule has 1 unspecified atom stereocenters. The zero-order chi connectivity index (χ0) is 23.4. The summed E-state index contributed by atoms with van der Waals surface area (Å²) in [5.41, 5.74) is 2.39. The smallest absolute Gasteiger partial charge is 0.269 e. The number of likely N-dealkylation sites (tertiary alicyclic amines) is 1. The Hall–Kier alpha value is -3.66. The molecule has 2 N–H and O–H groups in total. The van der Waals surface area contributed by atoms with Gasteiger partial charge in [-0.3, -0.25) is 9.48 Å². The molecule has 0 radical (unpaired) electrons. The van der Waals surface area contributed by atoms with Crippen LogP contribution in [0.15, 0.2) is 36.5 Å². The van der Waals surface area contributed by atoms with Gasteiger partial charge in [0, 0.05) is 49.7 Å². The second kappa shape index (κ2) is 9.86. The maximum atomic E-state index is 12.8. The van der Waals surface area contributed by atoms with E-state index >= 15 is 0 Å². The number of ether oxygens (including phenoxy) is 2. The van der Waals surface area contributed by atoms with Crippen LogP contribution in [0.4, 0.5) is 11.6 Å². The molecule has 3 aromatic rings. The second-order valence-electron chi connectivity index (χ2n) is 8.06. The number of amides is 1. The van der Waals surface area contributed by atoms with Crippen LogP contribution in [0.2, 0.25) is 0 Å². The van der Waals surface area contributed by atoms with E-state index in [1.165, 1.54) is 6.42 Å². The van der Waals surface area contributed by atoms with Crippen molar-refractivity contribution in [1.29, 1.82) is 0 Å². The van der Waals surface area contributed by atoms with Crippen molar-refractivity contribution in [1.82, 2.24) is 30.0 Å². The van der Waals surface area contributed by atoms with Crippen LogP contribution in [0.5, 0.6) is 11.5 Å². The van der Waals surface area contributed by atoms with Gasteiger partial charge in [-0.05, 0) is 38.6 Å². The number of benzene rings is 1. The van der Waals surface area contributed by atoms with Gasteiger partial charge in [0.25, 0.3) is 5.91 Å². The third kappa shape index (κ3) is 5.40. The molecule has 0 bridgehead atoms. The molecule has 1 aliphatic heterocycles. The van der Waals surface area contributed by atoms with Crippen molar-refractivity contribution in [3.8, 4) is 22.9 Å². The van der Waals surface area contributed by atoms with E-state index in [0.717, 1.165) is 25.3 Å². The zero-order valence-electron chi connectivity index (χ0n) is 19.3. The largest absolute Gasteiger partial charge is 0.497 e. The maximum absolute atomic E-state index is 12.8. The second-order valence-corrected chi connectivity index (χ2v) is 8.06. The lowest BCUT2D eigenvalue weighted by atomic mass is 10.2. The molecule has 174 valence electrons. The van der Waals surface area contributed by atoms with Gasteiger partial charge in [0.2, 0.25) is 5.95 Å². The molecule has 0 aliphatic carbocycles.